The Labute approximate surface area is 108 Å². The lowest BCUT2D eigenvalue weighted by atomic mass is 10.1. The predicted octanol–water partition coefficient (Wildman–Crippen LogP) is 2.07. The summed E-state index contributed by atoms with van der Waals surface area (Å²) < 4.78 is 39.1. The first-order valence-electron chi connectivity index (χ1n) is 5.71. The molecule has 2 N–H and O–H groups in total. The molecule has 4 nitrogen and oxygen atoms in total. The molecule has 0 aromatic heterocycles. The zero-order valence-electron chi connectivity index (χ0n) is 11.0. The lowest BCUT2D eigenvalue weighted by Gasteiger charge is -2.27. The molecule has 6 heteroatoms. The lowest BCUT2D eigenvalue weighted by molar-refractivity contribution is 0.315. The highest BCUT2D eigenvalue weighted by molar-refractivity contribution is 7.89. The van der Waals surface area contributed by atoms with Crippen LogP contribution in [-0.4, -0.2) is 25.8 Å². The molecule has 0 aliphatic carbocycles. The second kappa shape index (κ2) is 5.24. The number of anilines is 1. The normalized spacial score (nSPS) is 14.2. The fraction of sp³-hybridized carbons (Fsp3) is 0.500. The average molecular weight is 274 g/mol. The highest BCUT2D eigenvalue weighted by atomic mass is 32.2. The van der Waals surface area contributed by atoms with Gasteiger partial charge in [-0.05, 0) is 31.0 Å². The molecule has 0 saturated carbocycles. The third-order valence-electron chi connectivity index (χ3n) is 3.19. The fourth-order valence-corrected chi connectivity index (χ4v) is 2.98. The van der Waals surface area contributed by atoms with Crippen molar-refractivity contribution in [3.05, 3.63) is 24.0 Å². The zero-order valence-corrected chi connectivity index (χ0v) is 11.8. The van der Waals surface area contributed by atoms with Crippen molar-refractivity contribution in [2.24, 2.45) is 5.92 Å². The van der Waals surface area contributed by atoms with Crippen LogP contribution in [0.3, 0.4) is 0 Å². The molecule has 0 fully saturated rings. The number of hydrogen-bond acceptors (Lipinski definition) is 3. The van der Waals surface area contributed by atoms with Crippen molar-refractivity contribution in [3.63, 3.8) is 0 Å². The van der Waals surface area contributed by atoms with Gasteiger partial charge in [0.25, 0.3) is 0 Å². The first-order valence-corrected chi connectivity index (χ1v) is 7.15. The Balaban J connectivity index is 3.17. The second-order valence-electron chi connectivity index (χ2n) is 4.69. The molecule has 1 aromatic carbocycles. The van der Waals surface area contributed by atoms with Crippen LogP contribution in [0.2, 0.25) is 0 Å². The van der Waals surface area contributed by atoms with Gasteiger partial charge in [-0.2, -0.15) is 4.31 Å². The minimum Gasteiger partial charge on any atom is -0.396 e. The Morgan fingerprint density at radius 3 is 2.28 bits per heavy atom. The fourth-order valence-electron chi connectivity index (χ4n) is 1.47. The van der Waals surface area contributed by atoms with E-state index in [2.05, 4.69) is 0 Å². The highest BCUT2D eigenvalue weighted by Crippen LogP contribution is 2.22. The molecular formula is C12H19FN2O2S. The quantitative estimate of drug-likeness (QED) is 0.855. The number of hydrogen-bond donors (Lipinski definition) is 1. The van der Waals surface area contributed by atoms with E-state index in [4.69, 9.17) is 5.73 Å². The predicted molar refractivity (Wildman–Crippen MR) is 70.1 cm³/mol. The summed E-state index contributed by atoms with van der Waals surface area (Å²) in [6, 6.07) is 3.36. The zero-order chi connectivity index (χ0) is 14.1. The van der Waals surface area contributed by atoms with Crippen molar-refractivity contribution in [1.82, 2.24) is 4.31 Å². The summed E-state index contributed by atoms with van der Waals surface area (Å²) in [5, 5.41) is 0. The third kappa shape index (κ3) is 2.81. The molecule has 0 aliphatic heterocycles. The number of halogens is 1. The summed E-state index contributed by atoms with van der Waals surface area (Å²) in [6.45, 7) is 5.68. The van der Waals surface area contributed by atoms with Crippen molar-refractivity contribution >= 4 is 15.7 Å². The molecule has 1 rings (SSSR count). The van der Waals surface area contributed by atoms with Crippen LogP contribution in [0, 0.1) is 11.7 Å². The summed E-state index contributed by atoms with van der Waals surface area (Å²) in [4.78, 5) is -0.0794. The summed E-state index contributed by atoms with van der Waals surface area (Å²) in [5.74, 6) is -0.551. The minimum atomic E-state index is -3.68. The molecule has 0 spiro atoms. The molecule has 102 valence electrons. The van der Waals surface area contributed by atoms with Gasteiger partial charge in [0.2, 0.25) is 10.0 Å². The molecule has 0 saturated heterocycles. The first kappa shape index (κ1) is 14.9. The molecule has 0 amide bonds. The molecule has 18 heavy (non-hydrogen) atoms. The first-order chi connectivity index (χ1) is 8.17. The smallest absolute Gasteiger partial charge is 0.243 e. The van der Waals surface area contributed by atoms with Crippen LogP contribution in [0.1, 0.15) is 20.8 Å². The highest BCUT2D eigenvalue weighted by Gasteiger charge is 2.27. The molecule has 0 radical (unpaired) electrons. The summed E-state index contributed by atoms with van der Waals surface area (Å²) in [5.41, 5.74) is 5.27. The SMILES string of the molecule is CC(C)C(C)N(C)S(=O)(=O)c1ccc(N)c(F)c1. The van der Waals surface area contributed by atoms with E-state index in [-0.39, 0.29) is 22.5 Å². The van der Waals surface area contributed by atoms with Gasteiger partial charge in [0, 0.05) is 13.1 Å². The van der Waals surface area contributed by atoms with Gasteiger partial charge in [-0.3, -0.25) is 0 Å². The van der Waals surface area contributed by atoms with Crippen molar-refractivity contribution < 1.29 is 12.8 Å². The average Bonchev–Trinajstić information content (AvgIpc) is 2.30. The summed E-state index contributed by atoms with van der Waals surface area (Å²) in [6.07, 6.45) is 0. The van der Waals surface area contributed by atoms with Crippen molar-refractivity contribution in [3.8, 4) is 0 Å². The monoisotopic (exact) mass is 274 g/mol. The van der Waals surface area contributed by atoms with Crippen LogP contribution < -0.4 is 5.73 Å². The van der Waals surface area contributed by atoms with E-state index in [9.17, 15) is 12.8 Å². The van der Waals surface area contributed by atoms with Gasteiger partial charge in [-0.15, -0.1) is 0 Å². The van der Waals surface area contributed by atoms with Crippen molar-refractivity contribution in [2.45, 2.75) is 31.7 Å². The number of benzene rings is 1. The van der Waals surface area contributed by atoms with Crippen LogP contribution in [0.5, 0.6) is 0 Å². The molecule has 0 bridgehead atoms. The minimum absolute atomic E-state index is 0.0616. The van der Waals surface area contributed by atoms with E-state index in [1.807, 2.05) is 20.8 Å². The maximum Gasteiger partial charge on any atom is 0.243 e. The van der Waals surface area contributed by atoms with Crippen LogP contribution in [-0.2, 0) is 10.0 Å². The van der Waals surface area contributed by atoms with Crippen LogP contribution in [0.25, 0.3) is 0 Å². The standard InChI is InChI=1S/C12H19FN2O2S/c1-8(2)9(3)15(4)18(16,17)10-5-6-12(14)11(13)7-10/h5-9H,14H2,1-4H3. The Bertz CT molecular complexity index is 529. The van der Waals surface area contributed by atoms with Crippen LogP contribution in [0.4, 0.5) is 10.1 Å². The summed E-state index contributed by atoms with van der Waals surface area (Å²) >= 11 is 0. The van der Waals surface area contributed by atoms with E-state index in [0.29, 0.717) is 0 Å². The number of nitrogens with two attached hydrogens (primary N) is 1. The largest absolute Gasteiger partial charge is 0.396 e. The molecule has 0 heterocycles. The van der Waals surface area contributed by atoms with Gasteiger partial charge < -0.3 is 5.73 Å². The van der Waals surface area contributed by atoms with E-state index in [1.54, 1.807) is 0 Å². The number of rotatable bonds is 4. The molecule has 1 aromatic rings. The van der Waals surface area contributed by atoms with Crippen LogP contribution >= 0.6 is 0 Å². The summed E-state index contributed by atoms with van der Waals surface area (Å²) in [7, 11) is -2.19. The molecule has 1 unspecified atom stereocenters. The number of sulfonamides is 1. The van der Waals surface area contributed by atoms with Gasteiger partial charge in [0.1, 0.15) is 5.82 Å². The van der Waals surface area contributed by atoms with Crippen molar-refractivity contribution in [1.29, 1.82) is 0 Å². The van der Waals surface area contributed by atoms with Gasteiger partial charge in [0.05, 0.1) is 10.6 Å². The van der Waals surface area contributed by atoms with Gasteiger partial charge >= 0.3 is 0 Å². The van der Waals surface area contributed by atoms with E-state index >= 15 is 0 Å². The topological polar surface area (TPSA) is 63.4 Å². The van der Waals surface area contributed by atoms with E-state index < -0.39 is 15.8 Å². The number of nitrogens with zero attached hydrogens (tertiary/aromatic N) is 1. The Hall–Kier alpha value is -1.14. The van der Waals surface area contributed by atoms with Gasteiger partial charge in [-0.1, -0.05) is 13.8 Å². The number of nitrogen functional groups attached to an aromatic ring is 1. The Morgan fingerprint density at radius 1 is 1.28 bits per heavy atom. The van der Waals surface area contributed by atoms with Crippen LogP contribution in [0.15, 0.2) is 23.1 Å². The van der Waals surface area contributed by atoms with Gasteiger partial charge in [0.15, 0.2) is 0 Å². The maximum absolute atomic E-state index is 13.3. The van der Waals surface area contributed by atoms with E-state index in [1.165, 1.54) is 23.5 Å². The van der Waals surface area contributed by atoms with E-state index in [0.717, 1.165) is 6.07 Å². The van der Waals surface area contributed by atoms with Gasteiger partial charge in [-0.25, -0.2) is 12.8 Å². The maximum atomic E-state index is 13.3. The molecule has 0 aliphatic rings. The van der Waals surface area contributed by atoms with Crippen molar-refractivity contribution in [2.75, 3.05) is 12.8 Å². The lowest BCUT2D eigenvalue weighted by Crippen LogP contribution is -2.38. The second-order valence-corrected chi connectivity index (χ2v) is 6.69. The Morgan fingerprint density at radius 2 is 1.83 bits per heavy atom. The molecule has 1 atom stereocenters. The molecular weight excluding hydrogens is 255 g/mol. The Kier molecular flexibility index (Phi) is 4.34. The third-order valence-corrected chi connectivity index (χ3v) is 5.13.